The lowest BCUT2D eigenvalue weighted by Crippen LogP contribution is -2.44. The highest BCUT2D eigenvalue weighted by Crippen LogP contribution is 2.30. The van der Waals surface area contributed by atoms with Crippen molar-refractivity contribution < 1.29 is 9.53 Å². The zero-order chi connectivity index (χ0) is 23.2. The van der Waals surface area contributed by atoms with E-state index in [4.69, 9.17) is 9.72 Å². The Hall–Kier alpha value is -2.52. The van der Waals surface area contributed by atoms with E-state index < -0.39 is 5.97 Å². The lowest BCUT2D eigenvalue weighted by atomic mass is 9.95. The Balaban J connectivity index is 1.53. The van der Waals surface area contributed by atoms with Crippen molar-refractivity contribution in [2.75, 3.05) is 58.2 Å². The number of hydrogen-bond donors (Lipinski definition) is 1. The Morgan fingerprint density at radius 2 is 1.94 bits per heavy atom. The second-order valence-corrected chi connectivity index (χ2v) is 9.15. The maximum atomic E-state index is 13.0. The normalized spacial score (nSPS) is 18.5. The number of hydrogen-bond acceptors (Lipinski definition) is 8. The summed E-state index contributed by atoms with van der Waals surface area (Å²) in [5.74, 6) is -0.0613. The van der Waals surface area contributed by atoms with Gasteiger partial charge in [0.05, 0.1) is 12.0 Å². The SMILES string of the molecule is CCOC(=O)c1cn(C2CCCCC2)c2nc(NCCCN3CCN(C)CC3)ncc2c1=O. The fourth-order valence-electron chi connectivity index (χ4n) is 4.79. The van der Waals surface area contributed by atoms with Crippen molar-refractivity contribution in [3.05, 3.63) is 28.2 Å². The highest BCUT2D eigenvalue weighted by Gasteiger charge is 2.23. The molecule has 1 aliphatic carbocycles. The maximum Gasteiger partial charge on any atom is 0.343 e. The summed E-state index contributed by atoms with van der Waals surface area (Å²) in [6.07, 6.45) is 9.72. The molecule has 2 aromatic rings. The summed E-state index contributed by atoms with van der Waals surface area (Å²) in [6.45, 7) is 8.24. The molecular formula is C24H36N6O3. The summed E-state index contributed by atoms with van der Waals surface area (Å²) < 4.78 is 7.15. The quantitative estimate of drug-likeness (QED) is 0.479. The van der Waals surface area contributed by atoms with Gasteiger partial charge in [-0.25, -0.2) is 9.78 Å². The van der Waals surface area contributed by atoms with E-state index in [9.17, 15) is 9.59 Å². The lowest BCUT2D eigenvalue weighted by Gasteiger charge is -2.32. The predicted octanol–water partition coefficient (Wildman–Crippen LogP) is 2.52. The van der Waals surface area contributed by atoms with Gasteiger partial charge in [-0.05, 0) is 39.8 Å². The zero-order valence-corrected chi connectivity index (χ0v) is 19.9. The summed E-state index contributed by atoms with van der Waals surface area (Å²) in [5, 5.41) is 3.70. The van der Waals surface area contributed by atoms with E-state index >= 15 is 0 Å². The van der Waals surface area contributed by atoms with E-state index in [0.717, 1.165) is 71.4 Å². The number of nitrogens with zero attached hydrogens (tertiary/aromatic N) is 5. The Labute approximate surface area is 195 Å². The van der Waals surface area contributed by atoms with Crippen LogP contribution in [0.4, 0.5) is 5.95 Å². The van der Waals surface area contributed by atoms with Crippen LogP contribution in [-0.4, -0.2) is 83.2 Å². The minimum atomic E-state index is -0.583. The molecule has 0 radical (unpaired) electrons. The van der Waals surface area contributed by atoms with Crippen LogP contribution in [0.3, 0.4) is 0 Å². The molecule has 1 saturated carbocycles. The van der Waals surface area contributed by atoms with E-state index in [1.165, 1.54) is 6.42 Å². The first-order chi connectivity index (χ1) is 16.1. The highest BCUT2D eigenvalue weighted by atomic mass is 16.5. The van der Waals surface area contributed by atoms with Crippen LogP contribution in [0.5, 0.6) is 0 Å². The predicted molar refractivity (Wildman–Crippen MR) is 129 cm³/mol. The van der Waals surface area contributed by atoms with Gasteiger partial charge < -0.3 is 24.4 Å². The molecule has 2 aliphatic rings. The summed E-state index contributed by atoms with van der Waals surface area (Å²) in [6, 6.07) is 0.218. The molecule has 1 aliphatic heterocycles. The third kappa shape index (κ3) is 5.70. The van der Waals surface area contributed by atoms with Gasteiger partial charge in [-0.1, -0.05) is 19.3 Å². The minimum absolute atomic E-state index is 0.0615. The number of esters is 1. The van der Waals surface area contributed by atoms with Crippen LogP contribution < -0.4 is 10.7 Å². The Kier molecular flexibility index (Phi) is 7.93. The van der Waals surface area contributed by atoms with Gasteiger partial charge in [-0.2, -0.15) is 4.98 Å². The molecule has 3 heterocycles. The molecule has 1 N–H and O–H groups in total. The molecule has 0 bridgehead atoms. The maximum absolute atomic E-state index is 13.0. The summed E-state index contributed by atoms with van der Waals surface area (Å²) in [7, 11) is 2.17. The number of ether oxygens (including phenoxy) is 1. The second-order valence-electron chi connectivity index (χ2n) is 9.15. The van der Waals surface area contributed by atoms with Crippen LogP contribution in [0.2, 0.25) is 0 Å². The van der Waals surface area contributed by atoms with Crippen molar-refractivity contribution >= 4 is 23.0 Å². The number of nitrogens with one attached hydrogen (secondary N) is 1. The fraction of sp³-hybridized carbons (Fsp3) is 0.667. The van der Waals surface area contributed by atoms with Gasteiger partial charge in [0.2, 0.25) is 11.4 Å². The monoisotopic (exact) mass is 456 g/mol. The third-order valence-electron chi connectivity index (χ3n) is 6.76. The molecule has 0 atom stereocenters. The first kappa shape index (κ1) is 23.6. The number of carbonyl (C=O) groups excluding carboxylic acids is 1. The fourth-order valence-corrected chi connectivity index (χ4v) is 4.79. The van der Waals surface area contributed by atoms with E-state index in [1.807, 2.05) is 4.57 Å². The number of rotatable bonds is 8. The van der Waals surface area contributed by atoms with Crippen LogP contribution in [-0.2, 0) is 4.74 Å². The largest absolute Gasteiger partial charge is 0.462 e. The lowest BCUT2D eigenvalue weighted by molar-refractivity contribution is 0.0524. The van der Waals surface area contributed by atoms with E-state index in [0.29, 0.717) is 17.0 Å². The average molecular weight is 457 g/mol. The molecule has 0 unspecified atom stereocenters. The minimum Gasteiger partial charge on any atom is -0.462 e. The first-order valence-electron chi connectivity index (χ1n) is 12.3. The van der Waals surface area contributed by atoms with Crippen LogP contribution in [0.15, 0.2) is 17.2 Å². The topological polar surface area (TPSA) is 92.6 Å². The van der Waals surface area contributed by atoms with Crippen molar-refractivity contribution in [1.29, 1.82) is 0 Å². The average Bonchev–Trinajstić information content (AvgIpc) is 2.84. The van der Waals surface area contributed by atoms with Crippen molar-refractivity contribution in [2.24, 2.45) is 0 Å². The Morgan fingerprint density at radius 3 is 2.67 bits per heavy atom. The highest BCUT2D eigenvalue weighted by molar-refractivity contribution is 5.93. The van der Waals surface area contributed by atoms with Crippen LogP contribution >= 0.6 is 0 Å². The van der Waals surface area contributed by atoms with Crippen molar-refractivity contribution in [1.82, 2.24) is 24.3 Å². The number of likely N-dealkylation sites (N-methyl/N-ethyl adjacent to an activating group) is 1. The smallest absolute Gasteiger partial charge is 0.343 e. The van der Waals surface area contributed by atoms with Gasteiger partial charge >= 0.3 is 5.97 Å². The zero-order valence-electron chi connectivity index (χ0n) is 19.9. The van der Waals surface area contributed by atoms with Gasteiger partial charge in [0, 0.05) is 51.2 Å². The molecule has 4 rings (SSSR count). The van der Waals surface area contributed by atoms with Crippen molar-refractivity contribution in [2.45, 2.75) is 51.5 Å². The van der Waals surface area contributed by atoms with Crippen LogP contribution in [0.25, 0.3) is 11.0 Å². The number of anilines is 1. The number of carbonyl (C=O) groups is 1. The van der Waals surface area contributed by atoms with E-state index in [-0.39, 0.29) is 23.6 Å². The number of aromatic nitrogens is 3. The molecule has 33 heavy (non-hydrogen) atoms. The van der Waals surface area contributed by atoms with E-state index in [1.54, 1.807) is 19.3 Å². The van der Waals surface area contributed by atoms with Crippen molar-refractivity contribution in [3.63, 3.8) is 0 Å². The first-order valence-corrected chi connectivity index (χ1v) is 12.3. The molecular weight excluding hydrogens is 420 g/mol. The summed E-state index contributed by atoms with van der Waals surface area (Å²) in [4.78, 5) is 39.4. The number of fused-ring (bicyclic) bond motifs is 1. The molecule has 2 aromatic heterocycles. The standard InChI is InChI=1S/C24H36N6O3/c1-3-33-23(32)20-17-30(18-8-5-4-6-9-18)22-19(21(20)31)16-26-24(27-22)25-10-7-11-29-14-12-28(2)13-15-29/h16-18H,3-15H2,1-2H3,(H,25,26,27). The van der Waals surface area contributed by atoms with Gasteiger partial charge in [0.1, 0.15) is 11.2 Å². The molecule has 180 valence electrons. The number of pyridine rings is 1. The van der Waals surface area contributed by atoms with Gasteiger partial charge in [0.15, 0.2) is 0 Å². The Bertz CT molecular complexity index is 1010. The molecule has 1 saturated heterocycles. The molecule has 2 fully saturated rings. The van der Waals surface area contributed by atoms with Crippen molar-refractivity contribution in [3.8, 4) is 0 Å². The third-order valence-corrected chi connectivity index (χ3v) is 6.76. The van der Waals surface area contributed by atoms with E-state index in [2.05, 4.69) is 27.1 Å². The van der Waals surface area contributed by atoms with Crippen LogP contribution in [0, 0.1) is 0 Å². The molecule has 9 heteroatoms. The summed E-state index contributed by atoms with van der Waals surface area (Å²) in [5.41, 5.74) is 0.292. The Morgan fingerprint density at radius 1 is 1.18 bits per heavy atom. The summed E-state index contributed by atoms with van der Waals surface area (Å²) >= 11 is 0. The van der Waals surface area contributed by atoms with Gasteiger partial charge in [-0.3, -0.25) is 4.79 Å². The molecule has 9 nitrogen and oxygen atoms in total. The molecule has 0 amide bonds. The van der Waals surface area contributed by atoms with Gasteiger partial charge in [-0.15, -0.1) is 0 Å². The molecule has 0 aromatic carbocycles. The second kappa shape index (κ2) is 11.1. The van der Waals surface area contributed by atoms with Crippen LogP contribution in [0.1, 0.15) is 61.8 Å². The number of piperazine rings is 1. The molecule has 0 spiro atoms. The van der Waals surface area contributed by atoms with Gasteiger partial charge in [0.25, 0.3) is 0 Å².